The van der Waals surface area contributed by atoms with Gasteiger partial charge in [0, 0.05) is 21.7 Å². The third kappa shape index (κ3) is 5.84. The van der Waals surface area contributed by atoms with Crippen molar-refractivity contribution in [3.63, 3.8) is 0 Å². The summed E-state index contributed by atoms with van der Waals surface area (Å²) < 4.78 is 5.45. The number of nitrogens with one attached hydrogen (secondary N) is 1. The Morgan fingerprint density at radius 1 is 1.06 bits per heavy atom. The molecule has 2 aromatic heterocycles. The maximum Gasteiger partial charge on any atom is 0.350 e. The number of thiazole rings is 2. The van der Waals surface area contributed by atoms with Crippen molar-refractivity contribution in [2.45, 2.75) is 26.9 Å². The van der Waals surface area contributed by atoms with E-state index in [1.165, 1.54) is 22.7 Å². The van der Waals surface area contributed by atoms with Crippen molar-refractivity contribution in [1.82, 2.24) is 9.97 Å². The summed E-state index contributed by atoms with van der Waals surface area (Å²) in [6.45, 7) is 3.75. The molecular formula is C24H20ClN3O3S2. The lowest BCUT2D eigenvalue weighted by molar-refractivity contribution is -0.115. The molecule has 168 valence electrons. The van der Waals surface area contributed by atoms with Gasteiger partial charge in [-0.3, -0.25) is 4.79 Å². The fourth-order valence-corrected chi connectivity index (χ4v) is 4.92. The van der Waals surface area contributed by atoms with Crippen LogP contribution < -0.4 is 5.32 Å². The van der Waals surface area contributed by atoms with Gasteiger partial charge in [-0.2, -0.15) is 0 Å². The molecule has 1 N–H and O–H groups in total. The molecule has 33 heavy (non-hydrogen) atoms. The topological polar surface area (TPSA) is 81.2 Å². The van der Waals surface area contributed by atoms with Gasteiger partial charge in [-0.05, 0) is 37.6 Å². The Kier molecular flexibility index (Phi) is 7.17. The van der Waals surface area contributed by atoms with E-state index < -0.39 is 5.97 Å². The number of carbonyl (C=O) groups is 2. The van der Waals surface area contributed by atoms with Crippen LogP contribution in [0.15, 0.2) is 53.9 Å². The Balaban J connectivity index is 1.34. The molecule has 0 spiro atoms. The number of anilines is 1. The summed E-state index contributed by atoms with van der Waals surface area (Å²) in [5.74, 6) is -0.589. The van der Waals surface area contributed by atoms with Gasteiger partial charge in [-0.25, -0.2) is 14.8 Å². The highest BCUT2D eigenvalue weighted by Gasteiger charge is 2.18. The van der Waals surface area contributed by atoms with E-state index in [1.807, 2.05) is 43.3 Å². The molecule has 0 saturated heterocycles. The van der Waals surface area contributed by atoms with Gasteiger partial charge in [0.15, 0.2) is 0 Å². The number of amides is 1. The first-order valence-electron chi connectivity index (χ1n) is 10.1. The maximum absolute atomic E-state index is 12.6. The minimum Gasteiger partial charge on any atom is -0.455 e. The fraction of sp³-hybridized carbons (Fsp3) is 0.167. The van der Waals surface area contributed by atoms with Gasteiger partial charge >= 0.3 is 5.97 Å². The summed E-state index contributed by atoms with van der Waals surface area (Å²) in [7, 11) is 0. The average molecular weight is 498 g/mol. The van der Waals surface area contributed by atoms with Crippen LogP contribution in [0.25, 0.3) is 10.6 Å². The van der Waals surface area contributed by atoms with Crippen LogP contribution in [0.1, 0.15) is 31.6 Å². The minimum atomic E-state index is -0.447. The summed E-state index contributed by atoms with van der Waals surface area (Å²) >= 11 is 8.58. The number of ether oxygens (including phenoxy) is 1. The quantitative estimate of drug-likeness (QED) is 0.313. The zero-order valence-electron chi connectivity index (χ0n) is 17.9. The molecule has 4 aromatic rings. The third-order valence-electron chi connectivity index (χ3n) is 4.75. The van der Waals surface area contributed by atoms with Gasteiger partial charge in [-0.1, -0.05) is 41.9 Å². The van der Waals surface area contributed by atoms with Gasteiger partial charge in [0.05, 0.1) is 17.8 Å². The molecule has 2 heterocycles. The van der Waals surface area contributed by atoms with E-state index in [0.29, 0.717) is 26.3 Å². The number of hydrogen-bond acceptors (Lipinski definition) is 7. The number of hydrogen-bond donors (Lipinski definition) is 1. The summed E-state index contributed by atoms with van der Waals surface area (Å²) in [6, 6.07) is 14.9. The van der Waals surface area contributed by atoms with E-state index in [1.54, 1.807) is 24.4 Å². The highest BCUT2D eigenvalue weighted by Crippen LogP contribution is 2.29. The SMILES string of the molecule is Cc1ccccc1NC(=O)Cc1nc(COC(=O)c2sc(-c3ccc(Cl)cc3)nc2C)cs1. The molecule has 0 atom stereocenters. The lowest BCUT2D eigenvalue weighted by Gasteiger charge is -2.06. The predicted octanol–water partition coefficient (Wildman–Crippen LogP) is 6.08. The van der Waals surface area contributed by atoms with Crippen molar-refractivity contribution in [3.05, 3.63) is 85.8 Å². The molecule has 0 fully saturated rings. The highest BCUT2D eigenvalue weighted by molar-refractivity contribution is 7.17. The summed E-state index contributed by atoms with van der Waals surface area (Å²) in [5.41, 5.74) is 3.88. The number of esters is 1. The van der Waals surface area contributed by atoms with Crippen LogP contribution in [0.3, 0.4) is 0 Å². The van der Waals surface area contributed by atoms with Crippen molar-refractivity contribution in [2.24, 2.45) is 0 Å². The number of aryl methyl sites for hydroxylation is 2. The van der Waals surface area contributed by atoms with Crippen LogP contribution >= 0.6 is 34.3 Å². The third-order valence-corrected chi connectivity index (χ3v) is 7.09. The Bertz CT molecular complexity index is 1300. The van der Waals surface area contributed by atoms with Crippen molar-refractivity contribution >= 4 is 51.8 Å². The maximum atomic E-state index is 12.6. The van der Waals surface area contributed by atoms with Crippen LogP contribution in [-0.2, 0) is 22.6 Å². The summed E-state index contributed by atoms with van der Waals surface area (Å²) in [6.07, 6.45) is 0.158. The highest BCUT2D eigenvalue weighted by atomic mass is 35.5. The van der Waals surface area contributed by atoms with E-state index in [-0.39, 0.29) is 18.9 Å². The molecule has 0 aliphatic carbocycles. The zero-order chi connectivity index (χ0) is 23.4. The number of rotatable bonds is 7. The first-order valence-corrected chi connectivity index (χ1v) is 12.2. The minimum absolute atomic E-state index is 0.0301. The first-order chi connectivity index (χ1) is 15.9. The molecule has 2 aromatic carbocycles. The van der Waals surface area contributed by atoms with Crippen LogP contribution in [0, 0.1) is 13.8 Å². The van der Waals surface area contributed by atoms with E-state index in [2.05, 4.69) is 15.3 Å². The molecule has 0 unspecified atom stereocenters. The molecular weight excluding hydrogens is 478 g/mol. The average Bonchev–Trinajstić information content (AvgIpc) is 3.40. The number of para-hydroxylation sites is 1. The fourth-order valence-electron chi connectivity index (χ4n) is 3.05. The van der Waals surface area contributed by atoms with E-state index in [9.17, 15) is 9.59 Å². The van der Waals surface area contributed by atoms with Gasteiger partial charge < -0.3 is 10.1 Å². The molecule has 0 aliphatic heterocycles. The lowest BCUT2D eigenvalue weighted by Crippen LogP contribution is -2.15. The van der Waals surface area contributed by atoms with Gasteiger partial charge in [0.1, 0.15) is 21.5 Å². The number of benzene rings is 2. The molecule has 9 heteroatoms. The van der Waals surface area contributed by atoms with Crippen molar-refractivity contribution in [3.8, 4) is 10.6 Å². The number of halogens is 1. The molecule has 1 amide bonds. The predicted molar refractivity (Wildman–Crippen MR) is 132 cm³/mol. The summed E-state index contributed by atoms with van der Waals surface area (Å²) in [5, 5.41) is 6.72. The normalized spacial score (nSPS) is 10.8. The Morgan fingerprint density at radius 2 is 1.82 bits per heavy atom. The van der Waals surface area contributed by atoms with Crippen LogP contribution in [0.2, 0.25) is 5.02 Å². The van der Waals surface area contributed by atoms with Crippen LogP contribution in [-0.4, -0.2) is 21.8 Å². The molecule has 0 saturated carbocycles. The van der Waals surface area contributed by atoms with Crippen LogP contribution in [0.4, 0.5) is 5.69 Å². The number of aromatic nitrogens is 2. The number of nitrogens with zero attached hydrogens (tertiary/aromatic N) is 2. The second-order valence-electron chi connectivity index (χ2n) is 7.29. The van der Waals surface area contributed by atoms with E-state index in [0.717, 1.165) is 21.8 Å². The summed E-state index contributed by atoms with van der Waals surface area (Å²) in [4.78, 5) is 34.3. The molecule has 0 bridgehead atoms. The van der Waals surface area contributed by atoms with Crippen LogP contribution in [0.5, 0.6) is 0 Å². The largest absolute Gasteiger partial charge is 0.455 e. The number of carbonyl (C=O) groups excluding carboxylic acids is 2. The van der Waals surface area contributed by atoms with E-state index in [4.69, 9.17) is 16.3 Å². The Hall–Kier alpha value is -3.07. The van der Waals surface area contributed by atoms with E-state index >= 15 is 0 Å². The first kappa shape index (κ1) is 23.1. The van der Waals surface area contributed by atoms with Crippen molar-refractivity contribution in [1.29, 1.82) is 0 Å². The molecule has 4 rings (SSSR count). The smallest absolute Gasteiger partial charge is 0.350 e. The molecule has 0 aliphatic rings. The lowest BCUT2D eigenvalue weighted by atomic mass is 10.2. The van der Waals surface area contributed by atoms with Crippen molar-refractivity contribution in [2.75, 3.05) is 5.32 Å². The standard InChI is InChI=1S/C24H20ClN3O3S2/c1-14-5-3-4-6-19(14)28-20(29)11-21-27-18(13-32-21)12-31-24(30)22-15(2)26-23(33-22)16-7-9-17(25)10-8-16/h3-10,13H,11-12H2,1-2H3,(H,28,29). The monoisotopic (exact) mass is 497 g/mol. The second-order valence-corrected chi connectivity index (χ2v) is 9.67. The second kappa shape index (κ2) is 10.2. The Morgan fingerprint density at radius 3 is 2.58 bits per heavy atom. The van der Waals surface area contributed by atoms with Crippen molar-refractivity contribution < 1.29 is 14.3 Å². The molecule has 0 radical (unpaired) electrons. The zero-order valence-corrected chi connectivity index (χ0v) is 20.3. The van der Waals surface area contributed by atoms with Gasteiger partial charge in [-0.15, -0.1) is 22.7 Å². The van der Waals surface area contributed by atoms with Gasteiger partial charge in [0.2, 0.25) is 5.91 Å². The Labute approximate surface area is 204 Å². The molecule has 6 nitrogen and oxygen atoms in total. The van der Waals surface area contributed by atoms with Gasteiger partial charge in [0.25, 0.3) is 0 Å².